The summed E-state index contributed by atoms with van der Waals surface area (Å²) in [5.41, 5.74) is 1.04. The zero-order chi connectivity index (χ0) is 14.5. The second-order valence-electron chi connectivity index (χ2n) is 3.89. The van der Waals surface area contributed by atoms with E-state index in [9.17, 15) is 4.79 Å². The number of hydrogen-bond acceptors (Lipinski definition) is 4. The van der Waals surface area contributed by atoms with Crippen LogP contribution < -0.4 is 9.47 Å². The van der Waals surface area contributed by atoms with Gasteiger partial charge in [-0.05, 0) is 52.3 Å². The Balaban J connectivity index is 2.35. The zero-order valence-electron chi connectivity index (χ0n) is 10.6. The van der Waals surface area contributed by atoms with Gasteiger partial charge in [0.15, 0.2) is 11.5 Å². The van der Waals surface area contributed by atoms with E-state index in [0.717, 1.165) is 6.29 Å². The van der Waals surface area contributed by atoms with Gasteiger partial charge in [0.2, 0.25) is 0 Å². The Morgan fingerprint density at radius 3 is 2.50 bits per heavy atom. The van der Waals surface area contributed by atoms with Gasteiger partial charge in [-0.1, -0.05) is 0 Å². The maximum atomic E-state index is 10.7. The summed E-state index contributed by atoms with van der Waals surface area (Å²) in [6, 6.07) is 12.0. The van der Waals surface area contributed by atoms with Gasteiger partial charge in [0.25, 0.3) is 0 Å². The molecule has 0 aliphatic carbocycles. The van der Waals surface area contributed by atoms with Gasteiger partial charge in [0.1, 0.15) is 12.0 Å². The lowest BCUT2D eigenvalue weighted by molar-refractivity contribution is 0.112. The van der Waals surface area contributed by atoms with Crippen molar-refractivity contribution in [2.24, 2.45) is 0 Å². The van der Waals surface area contributed by atoms with Crippen molar-refractivity contribution in [3.63, 3.8) is 0 Å². The summed E-state index contributed by atoms with van der Waals surface area (Å²) in [5.74, 6) is 1.51. The summed E-state index contributed by atoms with van der Waals surface area (Å²) in [6.07, 6.45) is 0.740. The Hall–Kier alpha value is -2.32. The van der Waals surface area contributed by atoms with Gasteiger partial charge in [-0.25, -0.2) is 0 Å². The Kier molecular flexibility index (Phi) is 4.38. The lowest BCUT2D eigenvalue weighted by atomic mass is 10.2. The Morgan fingerprint density at radius 2 is 1.90 bits per heavy atom. The van der Waals surface area contributed by atoms with E-state index in [0.29, 0.717) is 32.8 Å². The van der Waals surface area contributed by atoms with Crippen molar-refractivity contribution in [3.8, 4) is 23.3 Å². The molecule has 5 heteroatoms. The summed E-state index contributed by atoms with van der Waals surface area (Å²) >= 11 is 3.35. The number of hydrogen-bond donors (Lipinski definition) is 0. The van der Waals surface area contributed by atoms with Crippen LogP contribution >= 0.6 is 15.9 Å². The highest BCUT2D eigenvalue weighted by Gasteiger charge is 2.09. The first-order chi connectivity index (χ1) is 9.67. The maximum absolute atomic E-state index is 10.7. The van der Waals surface area contributed by atoms with Crippen LogP contribution in [0.5, 0.6) is 17.2 Å². The number of carbonyl (C=O) groups excluding carboxylic acids is 1. The standard InChI is InChI=1S/C15H10BrNO3/c1-19-15-7-11(9-18)3-5-14(15)20-13-4-2-10(8-17)6-12(13)16/h2-7,9H,1H3. The van der Waals surface area contributed by atoms with E-state index in [4.69, 9.17) is 14.7 Å². The number of ether oxygens (including phenoxy) is 2. The van der Waals surface area contributed by atoms with Gasteiger partial charge in [0, 0.05) is 5.56 Å². The summed E-state index contributed by atoms with van der Waals surface area (Å²) in [4.78, 5) is 10.7. The monoisotopic (exact) mass is 331 g/mol. The molecule has 0 amide bonds. The van der Waals surface area contributed by atoms with Gasteiger partial charge in [-0.3, -0.25) is 4.79 Å². The van der Waals surface area contributed by atoms with Crippen LogP contribution in [0, 0.1) is 11.3 Å². The maximum Gasteiger partial charge on any atom is 0.169 e. The molecule has 0 aliphatic heterocycles. The van der Waals surface area contributed by atoms with Gasteiger partial charge >= 0.3 is 0 Å². The number of rotatable bonds is 4. The molecule has 2 aromatic carbocycles. The first-order valence-electron chi connectivity index (χ1n) is 5.68. The molecule has 4 nitrogen and oxygen atoms in total. The first kappa shape index (κ1) is 14.1. The van der Waals surface area contributed by atoms with Gasteiger partial charge in [-0.15, -0.1) is 0 Å². The third-order valence-electron chi connectivity index (χ3n) is 2.60. The molecule has 0 N–H and O–H groups in total. The van der Waals surface area contributed by atoms with Crippen molar-refractivity contribution in [1.29, 1.82) is 5.26 Å². The highest BCUT2D eigenvalue weighted by molar-refractivity contribution is 9.10. The van der Waals surface area contributed by atoms with Gasteiger partial charge in [0.05, 0.1) is 23.2 Å². The molecule has 20 heavy (non-hydrogen) atoms. The van der Waals surface area contributed by atoms with Crippen LogP contribution in [0.3, 0.4) is 0 Å². The quantitative estimate of drug-likeness (QED) is 0.796. The largest absolute Gasteiger partial charge is 0.493 e. The van der Waals surface area contributed by atoms with Gasteiger partial charge in [-0.2, -0.15) is 5.26 Å². The van der Waals surface area contributed by atoms with Crippen molar-refractivity contribution in [3.05, 3.63) is 52.0 Å². The molecule has 0 unspecified atom stereocenters. The summed E-state index contributed by atoms with van der Waals surface area (Å²) in [7, 11) is 1.50. The molecule has 2 aromatic rings. The zero-order valence-corrected chi connectivity index (χ0v) is 12.2. The summed E-state index contributed by atoms with van der Waals surface area (Å²) in [6.45, 7) is 0. The smallest absolute Gasteiger partial charge is 0.169 e. The number of carbonyl (C=O) groups is 1. The van der Waals surface area contributed by atoms with E-state index in [1.54, 1.807) is 36.4 Å². The molecule has 100 valence electrons. The summed E-state index contributed by atoms with van der Waals surface area (Å²) < 4.78 is 11.6. The number of nitriles is 1. The third-order valence-corrected chi connectivity index (χ3v) is 3.22. The fraction of sp³-hybridized carbons (Fsp3) is 0.0667. The topological polar surface area (TPSA) is 59.3 Å². The fourth-order valence-corrected chi connectivity index (χ4v) is 2.07. The molecule has 0 aliphatic rings. The van der Waals surface area contributed by atoms with Crippen LogP contribution in [0.15, 0.2) is 40.9 Å². The molecule has 0 atom stereocenters. The third kappa shape index (κ3) is 2.98. The SMILES string of the molecule is COc1cc(C=O)ccc1Oc1ccc(C#N)cc1Br. The Bertz CT molecular complexity index is 692. The number of methoxy groups -OCH3 is 1. The second-order valence-corrected chi connectivity index (χ2v) is 4.74. The molecule has 0 bridgehead atoms. The fourth-order valence-electron chi connectivity index (χ4n) is 1.61. The lowest BCUT2D eigenvalue weighted by Crippen LogP contribution is -1.93. The predicted octanol–water partition coefficient (Wildman–Crippen LogP) is 3.93. The average Bonchev–Trinajstić information content (AvgIpc) is 2.49. The van der Waals surface area contributed by atoms with E-state index in [1.807, 2.05) is 6.07 Å². The lowest BCUT2D eigenvalue weighted by Gasteiger charge is -2.12. The predicted molar refractivity (Wildman–Crippen MR) is 77.3 cm³/mol. The van der Waals surface area contributed by atoms with Crippen molar-refractivity contribution in [2.45, 2.75) is 0 Å². The highest BCUT2D eigenvalue weighted by atomic mass is 79.9. The van der Waals surface area contributed by atoms with Crippen LogP contribution in [-0.4, -0.2) is 13.4 Å². The van der Waals surface area contributed by atoms with Crippen molar-refractivity contribution < 1.29 is 14.3 Å². The Morgan fingerprint density at radius 1 is 1.15 bits per heavy atom. The van der Waals surface area contributed by atoms with E-state index in [-0.39, 0.29) is 0 Å². The number of nitrogens with zero attached hydrogens (tertiary/aromatic N) is 1. The molecule has 2 rings (SSSR count). The average molecular weight is 332 g/mol. The molecule has 0 saturated carbocycles. The molecular weight excluding hydrogens is 322 g/mol. The molecule has 0 heterocycles. The molecular formula is C15H10BrNO3. The van der Waals surface area contributed by atoms with E-state index in [2.05, 4.69) is 15.9 Å². The molecule has 0 spiro atoms. The normalized spacial score (nSPS) is 9.65. The van der Waals surface area contributed by atoms with E-state index in [1.165, 1.54) is 7.11 Å². The van der Waals surface area contributed by atoms with Crippen LogP contribution in [0.4, 0.5) is 0 Å². The second kappa shape index (κ2) is 6.22. The van der Waals surface area contributed by atoms with Crippen LogP contribution in [0.1, 0.15) is 15.9 Å². The number of halogens is 1. The highest BCUT2D eigenvalue weighted by Crippen LogP contribution is 2.35. The van der Waals surface area contributed by atoms with Gasteiger partial charge < -0.3 is 9.47 Å². The van der Waals surface area contributed by atoms with E-state index < -0.39 is 0 Å². The first-order valence-corrected chi connectivity index (χ1v) is 6.48. The number of benzene rings is 2. The molecule has 0 saturated heterocycles. The minimum atomic E-state index is 0.464. The van der Waals surface area contributed by atoms with Crippen molar-refractivity contribution >= 4 is 22.2 Å². The molecule has 0 radical (unpaired) electrons. The Labute approximate surface area is 124 Å². The van der Waals surface area contributed by atoms with Crippen LogP contribution in [0.2, 0.25) is 0 Å². The van der Waals surface area contributed by atoms with E-state index >= 15 is 0 Å². The summed E-state index contributed by atoms with van der Waals surface area (Å²) in [5, 5.41) is 8.82. The number of aldehydes is 1. The van der Waals surface area contributed by atoms with Crippen LogP contribution in [-0.2, 0) is 0 Å². The van der Waals surface area contributed by atoms with Crippen molar-refractivity contribution in [2.75, 3.05) is 7.11 Å². The minimum absolute atomic E-state index is 0.464. The molecule has 0 fully saturated rings. The van der Waals surface area contributed by atoms with Crippen molar-refractivity contribution in [1.82, 2.24) is 0 Å². The molecule has 0 aromatic heterocycles. The van der Waals surface area contributed by atoms with Crippen LogP contribution in [0.25, 0.3) is 0 Å². The minimum Gasteiger partial charge on any atom is -0.493 e.